The van der Waals surface area contributed by atoms with E-state index in [0.717, 1.165) is 17.8 Å². The molecular formula is C30H34F2N4O4S. The summed E-state index contributed by atoms with van der Waals surface area (Å²) in [6.07, 6.45) is 4.40. The minimum absolute atomic E-state index is 0.0616. The van der Waals surface area contributed by atoms with Crippen LogP contribution >= 0.6 is 0 Å². The van der Waals surface area contributed by atoms with E-state index in [1.165, 1.54) is 10.4 Å². The SMILES string of the molecule is C=C[C@H]1CC[C@H](c2ccccc2)S(=O)(=O)N1Cc1cc(F)c(C2(C(=O)NCc3ccnn3C)CCOCC2)cc1F. The highest BCUT2D eigenvalue weighted by atomic mass is 32.2. The molecule has 0 unspecified atom stereocenters. The Labute approximate surface area is 239 Å². The van der Waals surface area contributed by atoms with Crippen LogP contribution in [0.1, 0.15) is 53.3 Å². The van der Waals surface area contributed by atoms with Crippen molar-refractivity contribution in [1.82, 2.24) is 19.4 Å². The van der Waals surface area contributed by atoms with Crippen molar-refractivity contribution < 1.29 is 26.7 Å². The molecular weight excluding hydrogens is 550 g/mol. The maximum absolute atomic E-state index is 15.9. The molecule has 5 rings (SSSR count). The fraction of sp³-hybridized carbons (Fsp3) is 0.400. The van der Waals surface area contributed by atoms with E-state index in [1.54, 1.807) is 48.3 Å². The van der Waals surface area contributed by atoms with Crippen molar-refractivity contribution in [2.45, 2.75) is 55.5 Å². The molecule has 0 aliphatic carbocycles. The van der Waals surface area contributed by atoms with Gasteiger partial charge in [0.25, 0.3) is 0 Å². The molecule has 3 aromatic rings. The molecule has 2 aliphatic rings. The zero-order valence-corrected chi connectivity index (χ0v) is 23.7. The highest BCUT2D eigenvalue weighted by Gasteiger charge is 2.45. The maximum atomic E-state index is 15.9. The summed E-state index contributed by atoms with van der Waals surface area (Å²) in [7, 11) is -2.16. The number of carbonyl (C=O) groups excluding carboxylic acids is 1. The van der Waals surface area contributed by atoms with Crippen molar-refractivity contribution in [1.29, 1.82) is 0 Å². The van der Waals surface area contributed by atoms with E-state index < -0.39 is 44.3 Å². The van der Waals surface area contributed by atoms with Gasteiger partial charge in [0.1, 0.15) is 16.9 Å². The molecule has 8 nitrogen and oxygen atoms in total. The summed E-state index contributed by atoms with van der Waals surface area (Å²) in [4.78, 5) is 13.5. The second-order valence-electron chi connectivity index (χ2n) is 10.6. The van der Waals surface area contributed by atoms with Crippen molar-refractivity contribution in [2.24, 2.45) is 7.05 Å². The zero-order valence-electron chi connectivity index (χ0n) is 22.9. The smallest absolute Gasteiger partial charge is 0.231 e. The molecule has 1 aromatic heterocycles. The first-order valence-electron chi connectivity index (χ1n) is 13.7. The van der Waals surface area contributed by atoms with Crippen LogP contribution in [0.4, 0.5) is 8.78 Å². The third kappa shape index (κ3) is 5.58. The van der Waals surface area contributed by atoms with Gasteiger partial charge < -0.3 is 10.1 Å². The van der Waals surface area contributed by atoms with Gasteiger partial charge in [0.05, 0.1) is 17.7 Å². The largest absolute Gasteiger partial charge is 0.381 e. The molecule has 0 bridgehead atoms. The van der Waals surface area contributed by atoms with Gasteiger partial charge in [0.2, 0.25) is 15.9 Å². The van der Waals surface area contributed by atoms with E-state index in [1.807, 2.05) is 6.07 Å². The summed E-state index contributed by atoms with van der Waals surface area (Å²) in [5, 5.41) is 6.16. The molecule has 2 atom stereocenters. The first-order chi connectivity index (χ1) is 19.7. The first-order valence-corrected chi connectivity index (χ1v) is 15.2. The number of nitrogens with zero attached hydrogens (tertiary/aromatic N) is 3. The molecule has 0 radical (unpaired) electrons. The summed E-state index contributed by atoms with van der Waals surface area (Å²) in [6, 6.07) is 12.2. The van der Waals surface area contributed by atoms with Gasteiger partial charge in [-0.3, -0.25) is 9.48 Å². The number of aromatic nitrogens is 2. The molecule has 11 heteroatoms. The van der Waals surface area contributed by atoms with Crippen LogP contribution in [0, 0.1) is 11.6 Å². The molecule has 1 N–H and O–H groups in total. The Kier molecular flexibility index (Phi) is 8.40. The summed E-state index contributed by atoms with van der Waals surface area (Å²) in [5.74, 6) is -1.96. The summed E-state index contributed by atoms with van der Waals surface area (Å²) in [6.45, 7) is 4.05. The van der Waals surface area contributed by atoms with Crippen LogP contribution in [0.15, 0.2) is 67.4 Å². The number of ether oxygens (including phenoxy) is 1. The van der Waals surface area contributed by atoms with E-state index in [4.69, 9.17) is 4.74 Å². The average Bonchev–Trinajstić information content (AvgIpc) is 3.39. The van der Waals surface area contributed by atoms with Gasteiger partial charge in [-0.25, -0.2) is 17.2 Å². The summed E-state index contributed by atoms with van der Waals surface area (Å²) >= 11 is 0. The van der Waals surface area contributed by atoms with E-state index >= 15 is 8.78 Å². The lowest BCUT2D eigenvalue weighted by atomic mass is 9.72. The third-order valence-corrected chi connectivity index (χ3v) is 10.6. The number of benzene rings is 2. The number of rotatable bonds is 8. The monoisotopic (exact) mass is 584 g/mol. The van der Waals surface area contributed by atoms with Crippen molar-refractivity contribution in [3.63, 3.8) is 0 Å². The van der Waals surface area contributed by atoms with Gasteiger partial charge in [0.15, 0.2) is 0 Å². The molecule has 2 saturated heterocycles. The molecule has 2 aliphatic heterocycles. The van der Waals surface area contributed by atoms with Crippen LogP contribution < -0.4 is 5.32 Å². The summed E-state index contributed by atoms with van der Waals surface area (Å²) in [5.41, 5.74) is -0.0858. The zero-order chi connectivity index (χ0) is 29.2. The van der Waals surface area contributed by atoms with Gasteiger partial charge >= 0.3 is 0 Å². The van der Waals surface area contributed by atoms with Gasteiger partial charge in [-0.1, -0.05) is 36.4 Å². The predicted octanol–water partition coefficient (Wildman–Crippen LogP) is 4.28. The Balaban J connectivity index is 1.45. The van der Waals surface area contributed by atoms with Crippen LogP contribution in [0.2, 0.25) is 0 Å². The van der Waals surface area contributed by atoms with Crippen molar-refractivity contribution >= 4 is 15.9 Å². The summed E-state index contributed by atoms with van der Waals surface area (Å²) < 4.78 is 67.4. The fourth-order valence-electron chi connectivity index (χ4n) is 5.91. The predicted molar refractivity (Wildman–Crippen MR) is 150 cm³/mol. The molecule has 0 saturated carbocycles. The third-order valence-electron chi connectivity index (χ3n) is 8.34. The lowest BCUT2D eigenvalue weighted by molar-refractivity contribution is -0.130. The number of halogens is 2. The topological polar surface area (TPSA) is 93.5 Å². The quantitative estimate of drug-likeness (QED) is 0.399. The minimum atomic E-state index is -3.91. The molecule has 218 valence electrons. The second-order valence-corrected chi connectivity index (χ2v) is 12.7. The Hall–Kier alpha value is -3.41. The lowest BCUT2D eigenvalue weighted by Crippen LogP contribution is -2.48. The first kappa shape index (κ1) is 29.1. The lowest BCUT2D eigenvalue weighted by Gasteiger charge is -2.38. The van der Waals surface area contributed by atoms with E-state index in [0.29, 0.717) is 18.4 Å². The molecule has 0 spiro atoms. The van der Waals surface area contributed by atoms with Gasteiger partial charge in [0, 0.05) is 50.2 Å². The average molecular weight is 585 g/mol. The fourth-order valence-corrected chi connectivity index (χ4v) is 8.06. The maximum Gasteiger partial charge on any atom is 0.231 e. The van der Waals surface area contributed by atoms with Crippen LogP contribution in [-0.2, 0) is 45.1 Å². The Morgan fingerprint density at radius 2 is 1.88 bits per heavy atom. The van der Waals surface area contributed by atoms with Crippen molar-refractivity contribution in [3.8, 4) is 0 Å². The second kappa shape index (κ2) is 11.8. The number of nitrogens with one attached hydrogen (secondary N) is 1. The number of aryl methyl sites for hydroxylation is 1. The molecule has 41 heavy (non-hydrogen) atoms. The normalized spacial score (nSPS) is 22.2. The highest BCUT2D eigenvalue weighted by Crippen LogP contribution is 2.41. The Morgan fingerprint density at radius 3 is 2.54 bits per heavy atom. The van der Waals surface area contributed by atoms with Crippen molar-refractivity contribution in [3.05, 3.63) is 101 Å². The Morgan fingerprint density at radius 1 is 1.15 bits per heavy atom. The van der Waals surface area contributed by atoms with E-state index in [9.17, 15) is 13.2 Å². The van der Waals surface area contributed by atoms with E-state index in [-0.39, 0.29) is 50.3 Å². The highest BCUT2D eigenvalue weighted by molar-refractivity contribution is 7.89. The molecule has 1 amide bonds. The van der Waals surface area contributed by atoms with Crippen molar-refractivity contribution in [2.75, 3.05) is 13.2 Å². The number of hydrogen-bond acceptors (Lipinski definition) is 5. The van der Waals surface area contributed by atoms with Crippen LogP contribution in [0.3, 0.4) is 0 Å². The molecule has 3 heterocycles. The van der Waals surface area contributed by atoms with Gasteiger partial charge in [-0.05, 0) is 49.4 Å². The van der Waals surface area contributed by atoms with Crippen LogP contribution in [-0.4, -0.2) is 47.7 Å². The number of amides is 1. The van der Waals surface area contributed by atoms with Gasteiger partial charge in [-0.15, -0.1) is 6.58 Å². The number of carbonyl (C=O) groups is 1. The van der Waals surface area contributed by atoms with Crippen LogP contribution in [0.5, 0.6) is 0 Å². The number of sulfonamides is 1. The van der Waals surface area contributed by atoms with E-state index in [2.05, 4.69) is 17.0 Å². The molecule has 2 fully saturated rings. The number of hydrogen-bond donors (Lipinski definition) is 1. The Bertz CT molecular complexity index is 1520. The molecule has 2 aromatic carbocycles. The minimum Gasteiger partial charge on any atom is -0.381 e. The standard InChI is InChI=1S/C30H34F2N4O4S/c1-3-23-9-10-28(21-7-5-4-6-8-21)41(38,39)36(23)20-22-17-27(32)25(18-26(22)31)30(12-15-40-16-13-30)29(37)33-19-24-11-14-34-35(24)2/h3-8,11,14,17-18,23,28H,1,9-10,12-13,15-16,19-20H2,2H3,(H,33,37)/t23-,28+/m0/s1. The van der Waals surface area contributed by atoms with Crippen LogP contribution in [0.25, 0.3) is 0 Å². The van der Waals surface area contributed by atoms with Gasteiger partial charge in [-0.2, -0.15) is 9.40 Å².